The number of allylic oxidation sites excluding steroid dienone is 1. The van der Waals surface area contributed by atoms with Crippen molar-refractivity contribution in [2.75, 3.05) is 0 Å². The number of hydrogen-bond acceptors (Lipinski definition) is 1. The van der Waals surface area contributed by atoms with Gasteiger partial charge in [0, 0.05) is 11.1 Å². The number of pyridine rings is 1. The Kier molecular flexibility index (Phi) is 3.63. The van der Waals surface area contributed by atoms with Gasteiger partial charge in [-0.2, -0.15) is 0 Å². The van der Waals surface area contributed by atoms with E-state index in [1.807, 2.05) is 67.6 Å². The van der Waals surface area contributed by atoms with E-state index in [9.17, 15) is 4.79 Å². The monoisotopic (exact) mass is 295 g/mol. The Bertz CT molecular complexity index is 876. The van der Waals surface area contributed by atoms with Gasteiger partial charge in [0.25, 0.3) is 5.56 Å². The number of halogens is 1. The van der Waals surface area contributed by atoms with E-state index in [-0.39, 0.29) is 5.56 Å². The van der Waals surface area contributed by atoms with Crippen LogP contribution in [0.5, 0.6) is 0 Å². The van der Waals surface area contributed by atoms with E-state index in [0.717, 1.165) is 22.2 Å². The summed E-state index contributed by atoms with van der Waals surface area (Å²) >= 11 is 5.94. The van der Waals surface area contributed by atoms with Gasteiger partial charge < -0.3 is 0 Å². The van der Waals surface area contributed by atoms with E-state index in [1.54, 1.807) is 10.6 Å². The van der Waals surface area contributed by atoms with Crippen molar-refractivity contribution >= 4 is 28.2 Å². The zero-order valence-corrected chi connectivity index (χ0v) is 12.3. The fraction of sp³-hybridized carbons (Fsp3) is 0.0556. The summed E-state index contributed by atoms with van der Waals surface area (Å²) in [5.41, 5.74) is 2.67. The van der Waals surface area contributed by atoms with E-state index >= 15 is 0 Å². The fourth-order valence-electron chi connectivity index (χ4n) is 2.48. The molecule has 0 fully saturated rings. The van der Waals surface area contributed by atoms with Gasteiger partial charge in [-0.3, -0.25) is 9.36 Å². The molecule has 0 spiro atoms. The van der Waals surface area contributed by atoms with Crippen LogP contribution in [0.25, 0.3) is 16.6 Å². The van der Waals surface area contributed by atoms with Crippen LogP contribution < -0.4 is 5.56 Å². The number of para-hydroxylation sites is 1. The largest absolute Gasteiger partial charge is 0.277 e. The van der Waals surface area contributed by atoms with Gasteiger partial charge in [-0.25, -0.2) is 0 Å². The van der Waals surface area contributed by atoms with Gasteiger partial charge >= 0.3 is 0 Å². The molecule has 2 aromatic carbocycles. The second-order valence-corrected chi connectivity index (χ2v) is 5.18. The summed E-state index contributed by atoms with van der Waals surface area (Å²) in [6.45, 7) is 1.93. The zero-order valence-electron chi connectivity index (χ0n) is 11.6. The number of aromatic nitrogens is 1. The first-order valence-corrected chi connectivity index (χ1v) is 7.12. The highest BCUT2D eigenvalue weighted by Gasteiger charge is 2.09. The van der Waals surface area contributed by atoms with Crippen molar-refractivity contribution in [1.29, 1.82) is 0 Å². The van der Waals surface area contributed by atoms with E-state index in [0.29, 0.717) is 5.02 Å². The number of hydrogen-bond donors (Lipinski definition) is 0. The lowest BCUT2D eigenvalue weighted by atomic mass is 10.1. The molecule has 3 aromatic rings. The quantitative estimate of drug-likeness (QED) is 0.679. The third-order valence-electron chi connectivity index (χ3n) is 3.46. The number of fused-ring (bicyclic) bond motifs is 1. The van der Waals surface area contributed by atoms with Crippen molar-refractivity contribution in [1.82, 2.24) is 4.57 Å². The lowest BCUT2D eigenvalue weighted by Crippen LogP contribution is -2.19. The lowest BCUT2D eigenvalue weighted by molar-refractivity contribution is 1.07. The smallest absolute Gasteiger partial charge is 0.255 e. The van der Waals surface area contributed by atoms with Crippen LogP contribution in [0.2, 0.25) is 5.02 Å². The van der Waals surface area contributed by atoms with Gasteiger partial charge in [0.05, 0.1) is 11.2 Å². The highest BCUT2D eigenvalue weighted by molar-refractivity contribution is 6.30. The van der Waals surface area contributed by atoms with Crippen molar-refractivity contribution in [3.63, 3.8) is 0 Å². The molecule has 0 radical (unpaired) electrons. The van der Waals surface area contributed by atoms with Crippen LogP contribution in [0.4, 0.5) is 0 Å². The first kappa shape index (κ1) is 13.7. The molecular weight excluding hydrogens is 282 g/mol. The summed E-state index contributed by atoms with van der Waals surface area (Å²) in [4.78, 5) is 12.4. The summed E-state index contributed by atoms with van der Waals surface area (Å²) < 4.78 is 1.73. The van der Waals surface area contributed by atoms with Gasteiger partial charge in [-0.1, -0.05) is 48.0 Å². The lowest BCUT2D eigenvalue weighted by Gasteiger charge is -2.14. The molecule has 0 aliphatic heterocycles. The molecule has 1 heterocycles. The minimum absolute atomic E-state index is 0.0447. The van der Waals surface area contributed by atoms with Gasteiger partial charge in [0.15, 0.2) is 0 Å². The third-order valence-corrected chi connectivity index (χ3v) is 3.71. The Morgan fingerprint density at radius 3 is 2.43 bits per heavy atom. The van der Waals surface area contributed by atoms with E-state index < -0.39 is 0 Å². The molecule has 0 amide bonds. The summed E-state index contributed by atoms with van der Waals surface area (Å²) in [6, 6.07) is 18.8. The molecule has 0 aliphatic rings. The van der Waals surface area contributed by atoms with Crippen LogP contribution in [0.15, 0.2) is 71.5 Å². The molecule has 1 aromatic heterocycles. The normalized spacial score (nSPS) is 11.8. The van der Waals surface area contributed by atoms with Gasteiger partial charge in [-0.05, 0) is 42.1 Å². The molecule has 0 unspecified atom stereocenters. The molecule has 21 heavy (non-hydrogen) atoms. The fourth-order valence-corrected chi connectivity index (χ4v) is 2.61. The first-order chi connectivity index (χ1) is 10.2. The minimum atomic E-state index is -0.0447. The predicted octanol–water partition coefficient (Wildman–Crippen LogP) is 4.56. The van der Waals surface area contributed by atoms with Gasteiger partial charge in [-0.15, -0.1) is 0 Å². The molecule has 0 aliphatic carbocycles. The molecule has 0 N–H and O–H groups in total. The van der Waals surface area contributed by atoms with Crippen LogP contribution in [-0.2, 0) is 0 Å². The Labute approximate surface area is 127 Å². The Morgan fingerprint density at radius 1 is 1.00 bits per heavy atom. The summed E-state index contributed by atoms with van der Waals surface area (Å²) in [5, 5.41) is 1.71. The maximum atomic E-state index is 12.4. The van der Waals surface area contributed by atoms with Crippen LogP contribution in [-0.4, -0.2) is 4.57 Å². The maximum absolute atomic E-state index is 12.4. The van der Waals surface area contributed by atoms with Crippen molar-refractivity contribution in [3.05, 3.63) is 87.7 Å². The van der Waals surface area contributed by atoms with E-state index in [2.05, 4.69) is 0 Å². The highest BCUT2D eigenvalue weighted by Crippen LogP contribution is 2.22. The average Bonchev–Trinajstić information content (AvgIpc) is 2.52. The Morgan fingerprint density at radius 2 is 1.71 bits per heavy atom. The van der Waals surface area contributed by atoms with E-state index in [4.69, 9.17) is 11.6 Å². The predicted molar refractivity (Wildman–Crippen MR) is 88.7 cm³/mol. The summed E-state index contributed by atoms with van der Waals surface area (Å²) in [5.74, 6) is 0. The Hall–Kier alpha value is -2.32. The van der Waals surface area contributed by atoms with Crippen molar-refractivity contribution in [3.8, 4) is 0 Å². The number of benzene rings is 2. The summed E-state index contributed by atoms with van der Waals surface area (Å²) in [7, 11) is 0. The Balaban J connectivity index is 2.29. The molecule has 3 rings (SSSR count). The highest BCUT2D eigenvalue weighted by atomic mass is 35.5. The SMILES string of the molecule is C/C=C(/c1ccc(Cl)cc1)n1c(=O)ccc2ccccc21. The van der Waals surface area contributed by atoms with Crippen molar-refractivity contribution in [2.45, 2.75) is 6.92 Å². The zero-order chi connectivity index (χ0) is 14.8. The number of rotatable bonds is 2. The van der Waals surface area contributed by atoms with Crippen LogP contribution >= 0.6 is 11.6 Å². The van der Waals surface area contributed by atoms with Crippen molar-refractivity contribution < 1.29 is 0 Å². The average molecular weight is 296 g/mol. The molecule has 2 nitrogen and oxygen atoms in total. The van der Waals surface area contributed by atoms with Crippen molar-refractivity contribution in [2.24, 2.45) is 0 Å². The van der Waals surface area contributed by atoms with Crippen LogP contribution in [0, 0.1) is 0 Å². The third kappa shape index (κ3) is 2.50. The molecule has 0 saturated carbocycles. The molecular formula is C18H14ClNO. The maximum Gasteiger partial charge on any atom is 0.255 e. The first-order valence-electron chi connectivity index (χ1n) is 6.74. The standard InChI is InChI=1S/C18H14ClNO/c1-2-16(14-7-10-15(19)11-8-14)20-17-6-4-3-5-13(17)9-12-18(20)21/h2-12H,1H3/b16-2-. The van der Waals surface area contributed by atoms with E-state index in [1.165, 1.54) is 0 Å². The second-order valence-electron chi connectivity index (χ2n) is 4.75. The molecule has 0 atom stereocenters. The van der Waals surface area contributed by atoms with Crippen LogP contribution in [0.3, 0.4) is 0 Å². The minimum Gasteiger partial charge on any atom is -0.277 e. The summed E-state index contributed by atoms with van der Waals surface area (Å²) in [6.07, 6.45) is 1.94. The van der Waals surface area contributed by atoms with Gasteiger partial charge in [0.1, 0.15) is 0 Å². The van der Waals surface area contributed by atoms with Gasteiger partial charge in [0.2, 0.25) is 0 Å². The number of nitrogens with zero attached hydrogens (tertiary/aromatic N) is 1. The topological polar surface area (TPSA) is 22.0 Å². The van der Waals surface area contributed by atoms with Crippen LogP contribution in [0.1, 0.15) is 12.5 Å². The molecule has 0 bridgehead atoms. The molecule has 3 heteroatoms. The molecule has 104 valence electrons. The molecule has 0 saturated heterocycles. The second kappa shape index (κ2) is 5.58.